The van der Waals surface area contributed by atoms with Crippen LogP contribution in [0.1, 0.15) is 34.2 Å². The van der Waals surface area contributed by atoms with Gasteiger partial charge < -0.3 is 0 Å². The summed E-state index contributed by atoms with van der Waals surface area (Å²) < 4.78 is 1.46. The number of aromatic nitrogens is 3. The SMILES string of the molecule is Cc1nc([C@H](C)N(C)Cc2cc(=O)n3cc(Cl)ccc3n2)c(C)s1. The zero-order valence-electron chi connectivity index (χ0n) is 14.1. The first kappa shape index (κ1) is 17.1. The summed E-state index contributed by atoms with van der Waals surface area (Å²) in [5.41, 5.74) is 2.30. The van der Waals surface area contributed by atoms with Gasteiger partial charge in [0.25, 0.3) is 5.56 Å². The molecule has 0 aliphatic heterocycles. The van der Waals surface area contributed by atoms with Gasteiger partial charge in [0.15, 0.2) is 0 Å². The van der Waals surface area contributed by atoms with Gasteiger partial charge in [-0.3, -0.25) is 14.1 Å². The number of aryl methyl sites for hydroxylation is 2. The molecular weight excluding hydrogens is 344 g/mol. The van der Waals surface area contributed by atoms with Gasteiger partial charge in [-0.05, 0) is 40.0 Å². The lowest BCUT2D eigenvalue weighted by atomic mass is 10.2. The van der Waals surface area contributed by atoms with Crippen LogP contribution >= 0.6 is 22.9 Å². The average molecular weight is 363 g/mol. The van der Waals surface area contributed by atoms with Crippen LogP contribution in [0.15, 0.2) is 29.2 Å². The Morgan fingerprint density at radius 3 is 2.75 bits per heavy atom. The Labute approximate surface area is 149 Å². The molecule has 1 atom stereocenters. The fourth-order valence-corrected chi connectivity index (χ4v) is 3.81. The molecule has 0 bridgehead atoms. The molecule has 0 N–H and O–H groups in total. The molecule has 5 nitrogen and oxygen atoms in total. The molecule has 3 rings (SSSR count). The van der Waals surface area contributed by atoms with Gasteiger partial charge in [-0.1, -0.05) is 11.6 Å². The number of thiazole rings is 1. The van der Waals surface area contributed by atoms with E-state index in [9.17, 15) is 4.79 Å². The Balaban J connectivity index is 1.87. The molecule has 3 heterocycles. The van der Waals surface area contributed by atoms with E-state index in [2.05, 4.69) is 28.7 Å². The molecule has 0 fully saturated rings. The minimum absolute atomic E-state index is 0.126. The first-order valence-corrected chi connectivity index (χ1v) is 8.86. The van der Waals surface area contributed by atoms with E-state index in [0.717, 1.165) is 16.4 Å². The molecule has 0 spiro atoms. The van der Waals surface area contributed by atoms with Crippen molar-refractivity contribution in [2.45, 2.75) is 33.4 Å². The van der Waals surface area contributed by atoms with E-state index in [0.29, 0.717) is 17.2 Å². The number of halogens is 1. The predicted octanol–water partition coefficient (Wildman–Crippen LogP) is 3.61. The largest absolute Gasteiger partial charge is 0.292 e. The lowest BCUT2D eigenvalue weighted by Crippen LogP contribution is -2.25. The van der Waals surface area contributed by atoms with E-state index in [1.807, 2.05) is 14.0 Å². The summed E-state index contributed by atoms with van der Waals surface area (Å²) in [7, 11) is 2.02. The number of pyridine rings is 1. The van der Waals surface area contributed by atoms with Crippen LogP contribution in [0.4, 0.5) is 0 Å². The van der Waals surface area contributed by atoms with E-state index in [-0.39, 0.29) is 11.6 Å². The van der Waals surface area contributed by atoms with Crippen LogP contribution in [0.3, 0.4) is 0 Å². The van der Waals surface area contributed by atoms with Crippen LogP contribution in [0.2, 0.25) is 5.02 Å². The van der Waals surface area contributed by atoms with Gasteiger partial charge in [-0.25, -0.2) is 9.97 Å². The number of rotatable bonds is 4. The smallest absolute Gasteiger partial charge is 0.258 e. The summed E-state index contributed by atoms with van der Waals surface area (Å²) in [6, 6.07) is 5.21. The summed E-state index contributed by atoms with van der Waals surface area (Å²) in [6.45, 7) is 6.81. The van der Waals surface area contributed by atoms with Gasteiger partial charge in [-0.2, -0.15) is 0 Å². The van der Waals surface area contributed by atoms with E-state index < -0.39 is 0 Å². The number of nitrogens with zero attached hydrogens (tertiary/aromatic N) is 4. The van der Waals surface area contributed by atoms with Crippen molar-refractivity contribution in [3.05, 3.63) is 61.0 Å². The van der Waals surface area contributed by atoms with Crippen molar-refractivity contribution < 1.29 is 0 Å². The highest BCUT2D eigenvalue weighted by Gasteiger charge is 2.18. The van der Waals surface area contributed by atoms with Crippen LogP contribution in [0.25, 0.3) is 5.65 Å². The average Bonchev–Trinajstić information content (AvgIpc) is 2.86. The zero-order chi connectivity index (χ0) is 17.4. The third kappa shape index (κ3) is 3.36. The molecule has 7 heteroatoms. The Morgan fingerprint density at radius 1 is 1.33 bits per heavy atom. The lowest BCUT2D eigenvalue weighted by molar-refractivity contribution is 0.245. The molecule has 0 saturated heterocycles. The van der Waals surface area contributed by atoms with Gasteiger partial charge in [0, 0.05) is 23.7 Å². The third-order valence-electron chi connectivity index (χ3n) is 4.08. The number of fused-ring (bicyclic) bond motifs is 1. The molecule has 0 aliphatic rings. The Hall–Kier alpha value is -1.76. The normalized spacial score (nSPS) is 12.9. The van der Waals surface area contributed by atoms with Gasteiger partial charge in [0.05, 0.1) is 27.5 Å². The molecule has 126 valence electrons. The highest BCUT2D eigenvalue weighted by molar-refractivity contribution is 7.11. The summed E-state index contributed by atoms with van der Waals surface area (Å²) in [5.74, 6) is 0. The van der Waals surface area contributed by atoms with Gasteiger partial charge in [0.1, 0.15) is 5.65 Å². The second-order valence-corrected chi connectivity index (χ2v) is 7.77. The van der Waals surface area contributed by atoms with Crippen molar-refractivity contribution in [3.63, 3.8) is 0 Å². The summed E-state index contributed by atoms with van der Waals surface area (Å²) >= 11 is 7.65. The predicted molar refractivity (Wildman–Crippen MR) is 97.9 cm³/mol. The van der Waals surface area contributed by atoms with Crippen LogP contribution in [-0.2, 0) is 6.54 Å². The Bertz CT molecular complexity index is 949. The highest BCUT2D eigenvalue weighted by atomic mass is 35.5. The van der Waals surface area contributed by atoms with E-state index >= 15 is 0 Å². The summed E-state index contributed by atoms with van der Waals surface area (Å²) in [5, 5.41) is 1.58. The Morgan fingerprint density at radius 2 is 2.08 bits per heavy atom. The monoisotopic (exact) mass is 362 g/mol. The first-order valence-electron chi connectivity index (χ1n) is 7.67. The fourth-order valence-electron chi connectivity index (χ4n) is 2.74. The standard InChI is InChI=1S/C17H19ClN4OS/c1-10(17-11(2)24-12(3)19-17)21(4)9-14-7-16(23)22-8-13(18)5-6-15(22)20-14/h5-8,10H,9H2,1-4H3/t10-/m0/s1. The number of hydrogen-bond donors (Lipinski definition) is 0. The van der Waals surface area contributed by atoms with Crippen molar-refractivity contribution in [1.29, 1.82) is 0 Å². The molecular formula is C17H19ClN4OS. The van der Waals surface area contributed by atoms with Crippen LogP contribution in [0, 0.1) is 13.8 Å². The highest BCUT2D eigenvalue weighted by Crippen LogP contribution is 2.26. The van der Waals surface area contributed by atoms with Gasteiger partial charge in [-0.15, -0.1) is 11.3 Å². The maximum absolute atomic E-state index is 12.3. The molecule has 0 amide bonds. The molecule has 3 aromatic rings. The lowest BCUT2D eigenvalue weighted by Gasteiger charge is -2.23. The minimum Gasteiger partial charge on any atom is -0.292 e. The maximum atomic E-state index is 12.3. The molecule has 0 saturated carbocycles. The second-order valence-electron chi connectivity index (χ2n) is 5.93. The molecule has 0 aliphatic carbocycles. The molecule has 0 unspecified atom stereocenters. The second kappa shape index (κ2) is 6.63. The van der Waals surface area contributed by atoms with Gasteiger partial charge >= 0.3 is 0 Å². The topological polar surface area (TPSA) is 50.5 Å². The van der Waals surface area contributed by atoms with E-state index in [1.165, 1.54) is 9.28 Å². The minimum atomic E-state index is -0.126. The van der Waals surface area contributed by atoms with E-state index in [1.54, 1.807) is 35.7 Å². The van der Waals surface area contributed by atoms with Crippen molar-refractivity contribution >= 4 is 28.6 Å². The maximum Gasteiger partial charge on any atom is 0.258 e. The first-order chi connectivity index (χ1) is 11.3. The molecule has 3 aromatic heterocycles. The molecule has 0 radical (unpaired) electrons. The van der Waals surface area contributed by atoms with Crippen molar-refractivity contribution in [3.8, 4) is 0 Å². The van der Waals surface area contributed by atoms with Crippen molar-refractivity contribution in [2.75, 3.05) is 7.05 Å². The summed E-state index contributed by atoms with van der Waals surface area (Å²) in [4.78, 5) is 24.8. The zero-order valence-corrected chi connectivity index (χ0v) is 15.6. The quantitative estimate of drug-likeness (QED) is 0.711. The summed E-state index contributed by atoms with van der Waals surface area (Å²) in [6.07, 6.45) is 1.59. The Kier molecular flexibility index (Phi) is 4.71. The molecule has 24 heavy (non-hydrogen) atoms. The van der Waals surface area contributed by atoms with E-state index in [4.69, 9.17) is 11.6 Å². The van der Waals surface area contributed by atoms with Crippen molar-refractivity contribution in [1.82, 2.24) is 19.3 Å². The third-order valence-corrected chi connectivity index (χ3v) is 5.21. The van der Waals surface area contributed by atoms with Crippen LogP contribution in [0.5, 0.6) is 0 Å². The molecule has 0 aromatic carbocycles. The van der Waals surface area contributed by atoms with Crippen LogP contribution < -0.4 is 5.56 Å². The van der Waals surface area contributed by atoms with Crippen molar-refractivity contribution in [2.24, 2.45) is 0 Å². The van der Waals surface area contributed by atoms with Gasteiger partial charge in [0.2, 0.25) is 0 Å². The number of hydrogen-bond acceptors (Lipinski definition) is 5. The van der Waals surface area contributed by atoms with Crippen LogP contribution in [-0.4, -0.2) is 26.3 Å². The fraction of sp³-hybridized carbons (Fsp3) is 0.353.